The molecule has 0 heterocycles. The lowest BCUT2D eigenvalue weighted by Crippen LogP contribution is -1.93. The minimum atomic E-state index is 0.431. The largest absolute Gasteiger partial charge is 0.121 e. The highest BCUT2D eigenvalue weighted by atomic mass is 79.9. The minimum Gasteiger partial charge on any atom is -0.121 e. The molecule has 0 fully saturated rings. The van der Waals surface area contributed by atoms with Gasteiger partial charge in [-0.25, -0.2) is 0 Å². The van der Waals surface area contributed by atoms with Crippen LogP contribution in [0.2, 0.25) is 0 Å². The molecule has 0 atom stereocenters. The summed E-state index contributed by atoms with van der Waals surface area (Å²) in [5.41, 5.74) is 2.00. The summed E-state index contributed by atoms with van der Waals surface area (Å²) in [6.45, 7) is 0. The summed E-state index contributed by atoms with van der Waals surface area (Å²) >= 11 is 25.6. The van der Waals surface area contributed by atoms with Crippen LogP contribution < -0.4 is 0 Å². The Morgan fingerprint density at radius 2 is 0.857 bits per heavy atom. The monoisotopic (exact) mass is 486 g/mol. The lowest BCUT2D eigenvalue weighted by atomic mass is 10.2. The molecule has 0 amide bonds. The summed E-state index contributed by atoms with van der Waals surface area (Å²) in [6, 6.07) is 0. The fourth-order valence-electron chi connectivity index (χ4n) is 0.957. The van der Waals surface area contributed by atoms with Gasteiger partial charge in [0, 0.05) is 29.7 Å². The Labute approximate surface area is 126 Å². The van der Waals surface area contributed by atoms with E-state index in [1.165, 1.54) is 0 Å². The standard InChI is InChI=1S/C8H4Br4Cl2/c9-5-3(1-13)6(10)8(12)4(2-14)7(5)11/h1-2H2. The van der Waals surface area contributed by atoms with Crippen molar-refractivity contribution in [2.45, 2.75) is 11.8 Å². The minimum absolute atomic E-state index is 0.431. The molecule has 1 aromatic carbocycles. The SMILES string of the molecule is ClCc1c(Br)c(Br)c(CCl)c(Br)c1Br. The summed E-state index contributed by atoms with van der Waals surface area (Å²) in [6.07, 6.45) is 0. The summed E-state index contributed by atoms with van der Waals surface area (Å²) in [5, 5.41) is 0. The first-order valence-corrected chi connectivity index (χ1v) is 7.74. The highest BCUT2D eigenvalue weighted by Gasteiger charge is 2.17. The van der Waals surface area contributed by atoms with Gasteiger partial charge in [0.05, 0.1) is 0 Å². The van der Waals surface area contributed by atoms with E-state index in [1.807, 2.05) is 0 Å². The van der Waals surface area contributed by atoms with E-state index in [4.69, 9.17) is 23.2 Å². The maximum Gasteiger partial charge on any atom is 0.0497 e. The van der Waals surface area contributed by atoms with Crippen LogP contribution in [0.1, 0.15) is 11.1 Å². The summed E-state index contributed by atoms with van der Waals surface area (Å²) < 4.78 is 3.77. The fraction of sp³-hybridized carbons (Fsp3) is 0.250. The topological polar surface area (TPSA) is 0 Å². The third-order valence-corrected chi connectivity index (χ3v) is 6.81. The second-order valence-corrected chi connectivity index (χ2v) is 6.19. The van der Waals surface area contributed by atoms with Gasteiger partial charge in [-0.3, -0.25) is 0 Å². The van der Waals surface area contributed by atoms with Gasteiger partial charge in [0.15, 0.2) is 0 Å². The van der Waals surface area contributed by atoms with Crippen LogP contribution in [0.5, 0.6) is 0 Å². The van der Waals surface area contributed by atoms with Gasteiger partial charge >= 0.3 is 0 Å². The molecule has 1 rings (SSSR count). The lowest BCUT2D eigenvalue weighted by molar-refractivity contribution is 1.23. The fourth-order valence-corrected chi connectivity index (χ4v) is 4.98. The van der Waals surface area contributed by atoms with Crippen LogP contribution in [0.3, 0.4) is 0 Å². The second kappa shape index (κ2) is 5.87. The highest BCUT2D eigenvalue weighted by molar-refractivity contribution is 9.14. The summed E-state index contributed by atoms with van der Waals surface area (Å²) in [4.78, 5) is 0. The number of halogens is 6. The smallest absolute Gasteiger partial charge is 0.0497 e. The molecule has 0 nitrogen and oxygen atoms in total. The molecule has 0 aromatic heterocycles. The highest BCUT2D eigenvalue weighted by Crippen LogP contribution is 2.42. The Kier molecular flexibility index (Phi) is 5.78. The van der Waals surface area contributed by atoms with Crippen LogP contribution in [0, 0.1) is 0 Å². The van der Waals surface area contributed by atoms with Gasteiger partial charge in [0.2, 0.25) is 0 Å². The molecule has 0 N–H and O–H groups in total. The molecule has 0 saturated carbocycles. The predicted molar refractivity (Wildman–Crippen MR) is 76.4 cm³/mol. The molecule has 0 unspecified atom stereocenters. The van der Waals surface area contributed by atoms with Gasteiger partial charge in [-0.05, 0) is 74.8 Å². The van der Waals surface area contributed by atoms with Crippen molar-refractivity contribution in [3.05, 3.63) is 29.0 Å². The van der Waals surface area contributed by atoms with Crippen LogP contribution in [0.25, 0.3) is 0 Å². The van der Waals surface area contributed by atoms with Crippen molar-refractivity contribution < 1.29 is 0 Å². The van der Waals surface area contributed by atoms with Crippen LogP contribution in [-0.4, -0.2) is 0 Å². The van der Waals surface area contributed by atoms with E-state index in [-0.39, 0.29) is 0 Å². The Morgan fingerprint density at radius 3 is 1.00 bits per heavy atom. The molecule has 0 aliphatic carbocycles. The molecule has 78 valence electrons. The zero-order valence-electron chi connectivity index (χ0n) is 6.68. The molecular weight excluding hydrogens is 487 g/mol. The van der Waals surface area contributed by atoms with E-state index >= 15 is 0 Å². The van der Waals surface area contributed by atoms with Crippen LogP contribution in [-0.2, 0) is 11.8 Å². The van der Waals surface area contributed by atoms with Gasteiger partial charge < -0.3 is 0 Å². The number of alkyl halides is 2. The van der Waals surface area contributed by atoms with Crippen molar-refractivity contribution in [3.8, 4) is 0 Å². The van der Waals surface area contributed by atoms with Crippen molar-refractivity contribution in [2.75, 3.05) is 0 Å². The first-order valence-electron chi connectivity index (χ1n) is 3.50. The predicted octanol–water partition coefficient (Wildman–Crippen LogP) is 6.21. The lowest BCUT2D eigenvalue weighted by Gasteiger charge is -2.13. The maximum atomic E-state index is 5.84. The summed E-state index contributed by atoms with van der Waals surface area (Å²) in [5.74, 6) is 0.863. The van der Waals surface area contributed by atoms with Crippen LogP contribution >= 0.6 is 86.9 Å². The van der Waals surface area contributed by atoms with Crippen molar-refractivity contribution in [2.24, 2.45) is 0 Å². The van der Waals surface area contributed by atoms with Gasteiger partial charge in [-0.15, -0.1) is 23.2 Å². The number of hydrogen-bond acceptors (Lipinski definition) is 0. The molecule has 0 bridgehead atoms. The Morgan fingerprint density at radius 1 is 0.643 bits per heavy atom. The Hall–Kier alpha value is 1.72. The molecule has 0 radical (unpaired) electrons. The second-order valence-electron chi connectivity index (χ2n) is 2.48. The average Bonchev–Trinajstić information content (AvgIpc) is 2.17. The van der Waals surface area contributed by atoms with Crippen LogP contribution in [0.4, 0.5) is 0 Å². The zero-order chi connectivity index (χ0) is 10.9. The van der Waals surface area contributed by atoms with Gasteiger partial charge in [-0.1, -0.05) is 0 Å². The summed E-state index contributed by atoms with van der Waals surface area (Å²) in [7, 11) is 0. The number of benzene rings is 1. The first kappa shape index (κ1) is 13.8. The quantitative estimate of drug-likeness (QED) is 0.341. The molecule has 14 heavy (non-hydrogen) atoms. The normalized spacial score (nSPS) is 10.7. The Balaban J connectivity index is 3.55. The van der Waals surface area contributed by atoms with E-state index < -0.39 is 0 Å². The Bertz CT molecular complexity index is 301. The third kappa shape index (κ3) is 2.51. The number of hydrogen-bond donors (Lipinski definition) is 0. The molecule has 1 aromatic rings. The van der Waals surface area contributed by atoms with E-state index in [9.17, 15) is 0 Å². The molecule has 0 aliphatic heterocycles. The van der Waals surface area contributed by atoms with Gasteiger partial charge in [0.25, 0.3) is 0 Å². The van der Waals surface area contributed by atoms with E-state index in [0.29, 0.717) is 11.8 Å². The van der Waals surface area contributed by atoms with E-state index in [1.54, 1.807) is 0 Å². The maximum absolute atomic E-state index is 5.84. The average molecular weight is 491 g/mol. The van der Waals surface area contributed by atoms with Gasteiger partial charge in [0.1, 0.15) is 0 Å². The van der Waals surface area contributed by atoms with Crippen molar-refractivity contribution >= 4 is 86.9 Å². The first-order chi connectivity index (χ1) is 6.54. The van der Waals surface area contributed by atoms with E-state index in [2.05, 4.69) is 63.7 Å². The molecular formula is C8H4Br4Cl2. The zero-order valence-corrected chi connectivity index (χ0v) is 14.5. The third-order valence-electron chi connectivity index (χ3n) is 1.71. The number of rotatable bonds is 2. The molecule has 0 spiro atoms. The molecule has 6 heteroatoms. The van der Waals surface area contributed by atoms with Crippen LogP contribution in [0.15, 0.2) is 17.9 Å². The van der Waals surface area contributed by atoms with Crippen molar-refractivity contribution in [1.29, 1.82) is 0 Å². The molecule has 0 aliphatic rings. The van der Waals surface area contributed by atoms with Crippen molar-refractivity contribution in [1.82, 2.24) is 0 Å². The van der Waals surface area contributed by atoms with Gasteiger partial charge in [-0.2, -0.15) is 0 Å². The van der Waals surface area contributed by atoms with E-state index in [0.717, 1.165) is 29.0 Å². The van der Waals surface area contributed by atoms with Crippen molar-refractivity contribution in [3.63, 3.8) is 0 Å². The molecule has 0 saturated heterocycles.